The van der Waals surface area contributed by atoms with Gasteiger partial charge >= 0.3 is 5.63 Å². The third-order valence-corrected chi connectivity index (χ3v) is 9.96. The number of anilines is 3. The van der Waals surface area contributed by atoms with E-state index in [-0.39, 0.29) is 34.7 Å². The molecule has 0 unspecified atom stereocenters. The molecular formula is C38H34FN5O5. The second-order valence-electron chi connectivity index (χ2n) is 13.0. The lowest BCUT2D eigenvalue weighted by Gasteiger charge is -2.44. The lowest BCUT2D eigenvalue weighted by Crippen LogP contribution is -2.49. The monoisotopic (exact) mass is 659 g/mol. The fourth-order valence-electron chi connectivity index (χ4n) is 7.55. The van der Waals surface area contributed by atoms with Crippen LogP contribution in [0.25, 0.3) is 11.0 Å². The molecule has 49 heavy (non-hydrogen) atoms. The molecule has 11 heteroatoms. The summed E-state index contributed by atoms with van der Waals surface area (Å²) in [5, 5.41) is 3.57. The molecule has 3 aliphatic rings. The van der Waals surface area contributed by atoms with Crippen molar-refractivity contribution in [2.45, 2.75) is 18.9 Å². The molecule has 2 aromatic heterocycles. The van der Waals surface area contributed by atoms with Crippen LogP contribution in [-0.2, 0) is 6.54 Å². The number of benzene rings is 3. The van der Waals surface area contributed by atoms with Crippen molar-refractivity contribution in [3.8, 4) is 0 Å². The van der Waals surface area contributed by atoms with Crippen molar-refractivity contribution in [1.29, 1.82) is 0 Å². The van der Waals surface area contributed by atoms with Gasteiger partial charge in [-0.2, -0.15) is 0 Å². The zero-order valence-corrected chi connectivity index (χ0v) is 26.7. The average molecular weight is 660 g/mol. The molecule has 5 aromatic rings. The highest BCUT2D eigenvalue weighted by Gasteiger charge is 2.36. The number of amides is 2. The van der Waals surface area contributed by atoms with Gasteiger partial charge in [-0.1, -0.05) is 24.3 Å². The number of hydrogen-bond donors (Lipinski definition) is 1. The second kappa shape index (κ2) is 12.4. The van der Waals surface area contributed by atoms with Gasteiger partial charge in [0.2, 0.25) is 0 Å². The van der Waals surface area contributed by atoms with Gasteiger partial charge in [-0.25, -0.2) is 9.18 Å². The summed E-state index contributed by atoms with van der Waals surface area (Å²) >= 11 is 0. The van der Waals surface area contributed by atoms with Crippen molar-refractivity contribution in [1.82, 2.24) is 9.47 Å². The number of piperidine rings is 1. The maximum atomic E-state index is 13.8. The third kappa shape index (κ3) is 5.85. The summed E-state index contributed by atoms with van der Waals surface area (Å²) in [5.41, 5.74) is 2.96. The highest BCUT2D eigenvalue weighted by atomic mass is 19.1. The van der Waals surface area contributed by atoms with Gasteiger partial charge in [-0.3, -0.25) is 14.4 Å². The van der Waals surface area contributed by atoms with E-state index in [0.717, 1.165) is 23.5 Å². The van der Waals surface area contributed by atoms with Crippen LogP contribution in [-0.4, -0.2) is 60.5 Å². The Balaban J connectivity index is 1.09. The molecule has 2 fully saturated rings. The Bertz CT molecular complexity index is 2210. The minimum Gasteiger partial charge on any atom is -0.422 e. The summed E-state index contributed by atoms with van der Waals surface area (Å²) in [6, 6.07) is 25.6. The van der Waals surface area contributed by atoms with E-state index < -0.39 is 11.5 Å². The number of aromatic nitrogens is 1. The maximum Gasteiger partial charge on any atom is 0.349 e. The van der Waals surface area contributed by atoms with Gasteiger partial charge in [-0.15, -0.1) is 0 Å². The van der Waals surface area contributed by atoms with E-state index in [2.05, 4.69) is 15.1 Å². The van der Waals surface area contributed by atoms with Gasteiger partial charge in [0.05, 0.1) is 11.4 Å². The van der Waals surface area contributed by atoms with Gasteiger partial charge in [-0.05, 0) is 73.0 Å². The van der Waals surface area contributed by atoms with E-state index in [1.807, 2.05) is 16.7 Å². The van der Waals surface area contributed by atoms with Crippen molar-refractivity contribution in [3.05, 3.63) is 134 Å². The number of pyridine rings is 1. The van der Waals surface area contributed by atoms with E-state index >= 15 is 0 Å². The normalized spacial score (nSPS) is 18.7. The maximum absolute atomic E-state index is 13.8. The molecule has 8 rings (SSSR count). The zero-order chi connectivity index (χ0) is 33.6. The molecule has 0 radical (unpaired) electrons. The minimum atomic E-state index is -0.751. The molecule has 0 spiro atoms. The van der Waals surface area contributed by atoms with Crippen LogP contribution in [0.4, 0.5) is 21.5 Å². The molecule has 2 bridgehead atoms. The van der Waals surface area contributed by atoms with Crippen LogP contribution in [0.1, 0.15) is 38.7 Å². The zero-order valence-electron chi connectivity index (χ0n) is 26.7. The molecule has 2 amide bonds. The van der Waals surface area contributed by atoms with Gasteiger partial charge < -0.3 is 29.0 Å². The Hall–Kier alpha value is -5.71. The number of carbonyl (C=O) groups is 2. The molecule has 248 valence electrons. The highest BCUT2D eigenvalue weighted by Crippen LogP contribution is 2.39. The highest BCUT2D eigenvalue weighted by molar-refractivity contribution is 6.08. The summed E-state index contributed by atoms with van der Waals surface area (Å²) in [5.74, 6) is -0.752. The van der Waals surface area contributed by atoms with E-state index in [1.54, 1.807) is 65.6 Å². The van der Waals surface area contributed by atoms with Crippen molar-refractivity contribution in [2.24, 2.45) is 5.92 Å². The van der Waals surface area contributed by atoms with E-state index in [9.17, 15) is 23.6 Å². The summed E-state index contributed by atoms with van der Waals surface area (Å²) < 4.78 is 20.8. The van der Waals surface area contributed by atoms with Crippen molar-refractivity contribution < 1.29 is 18.4 Å². The molecule has 0 saturated carbocycles. The van der Waals surface area contributed by atoms with Crippen molar-refractivity contribution >= 4 is 39.8 Å². The standard InChI is InChI=1S/C38H34FN5O5/c39-28-9-11-29(12-10-28)41-14-16-42(17-15-41)37(47)26-8-13-33(43-21-24-18-27(23-43)32-5-3-7-35(45)44(32)22-24)31(20-26)40-36(46)30-19-25-4-1-2-6-34(25)49-38(30)48/h1-13,19-20,24,27H,14-18,21-23H2,(H,40,46)/t24-,27-/m0/s1. The molecule has 10 nitrogen and oxygen atoms in total. The summed E-state index contributed by atoms with van der Waals surface area (Å²) in [6.07, 6.45) is 0.959. The van der Waals surface area contributed by atoms with Crippen LogP contribution in [0.15, 0.2) is 105 Å². The van der Waals surface area contributed by atoms with Crippen LogP contribution in [0.5, 0.6) is 0 Å². The van der Waals surface area contributed by atoms with E-state index in [1.165, 1.54) is 18.2 Å². The van der Waals surface area contributed by atoms with Crippen molar-refractivity contribution in [2.75, 3.05) is 54.4 Å². The van der Waals surface area contributed by atoms with Gasteiger partial charge in [0.1, 0.15) is 17.0 Å². The number of piperazine rings is 1. The number of nitrogens with zero attached hydrogens (tertiary/aromatic N) is 4. The number of rotatable bonds is 5. The second-order valence-corrected chi connectivity index (χ2v) is 13.0. The SMILES string of the molecule is O=C(Nc1cc(C(=O)N2CCN(c3ccc(F)cc3)CC2)ccc1N1C[C@@H]2C[C@@H](C1)c1cccc(=O)n1C2)c1cc2ccccc2oc1=O. The molecule has 0 aliphatic carbocycles. The van der Waals surface area contributed by atoms with Gasteiger partial charge in [0, 0.05) is 80.1 Å². The quantitative estimate of drug-likeness (QED) is 0.267. The molecule has 2 saturated heterocycles. The Labute approximate surface area is 281 Å². The predicted molar refractivity (Wildman–Crippen MR) is 185 cm³/mol. The number of para-hydroxylation sites is 1. The first kappa shape index (κ1) is 30.6. The average Bonchev–Trinajstić information content (AvgIpc) is 3.12. The smallest absolute Gasteiger partial charge is 0.349 e. The lowest BCUT2D eigenvalue weighted by molar-refractivity contribution is 0.0746. The molecule has 2 atom stereocenters. The number of halogens is 1. The molecule has 3 aliphatic heterocycles. The topological polar surface area (TPSA) is 108 Å². The fourth-order valence-corrected chi connectivity index (χ4v) is 7.55. The van der Waals surface area contributed by atoms with Crippen LogP contribution in [0.3, 0.4) is 0 Å². The summed E-state index contributed by atoms with van der Waals surface area (Å²) in [4.78, 5) is 59.2. The van der Waals surface area contributed by atoms with Crippen LogP contribution in [0, 0.1) is 11.7 Å². The van der Waals surface area contributed by atoms with Crippen molar-refractivity contribution in [3.63, 3.8) is 0 Å². The fraction of sp³-hybridized carbons (Fsp3) is 0.263. The Morgan fingerprint density at radius 3 is 2.41 bits per heavy atom. The third-order valence-electron chi connectivity index (χ3n) is 9.96. The van der Waals surface area contributed by atoms with Gasteiger partial charge in [0.25, 0.3) is 17.4 Å². The van der Waals surface area contributed by atoms with E-state index in [4.69, 9.17) is 4.42 Å². The summed E-state index contributed by atoms with van der Waals surface area (Å²) in [7, 11) is 0. The first-order chi connectivity index (χ1) is 23.8. The van der Waals surface area contributed by atoms with Gasteiger partial charge in [0.15, 0.2) is 0 Å². The first-order valence-corrected chi connectivity index (χ1v) is 16.5. The number of hydrogen-bond acceptors (Lipinski definition) is 7. The largest absolute Gasteiger partial charge is 0.422 e. The Kier molecular flexibility index (Phi) is 7.74. The number of fused-ring (bicyclic) bond motifs is 5. The summed E-state index contributed by atoms with van der Waals surface area (Å²) in [6.45, 7) is 4.05. The lowest BCUT2D eigenvalue weighted by atomic mass is 9.83. The number of carbonyl (C=O) groups excluding carboxylic acids is 2. The molecular weight excluding hydrogens is 625 g/mol. The molecule has 3 aromatic carbocycles. The minimum absolute atomic E-state index is 0.00387. The predicted octanol–water partition coefficient (Wildman–Crippen LogP) is 4.93. The molecule has 5 heterocycles. The first-order valence-electron chi connectivity index (χ1n) is 16.5. The Morgan fingerprint density at radius 1 is 0.796 bits per heavy atom. The van der Waals surface area contributed by atoms with Crippen LogP contribution < -0.4 is 26.3 Å². The van der Waals surface area contributed by atoms with Crippen LogP contribution in [0.2, 0.25) is 0 Å². The van der Waals surface area contributed by atoms with E-state index in [0.29, 0.717) is 68.0 Å². The Morgan fingerprint density at radius 2 is 1.59 bits per heavy atom. The van der Waals surface area contributed by atoms with Crippen LogP contribution >= 0.6 is 0 Å². The molecule has 1 N–H and O–H groups in total. The number of nitrogens with one attached hydrogen (secondary N) is 1.